The molecule has 1 heterocycles. The van der Waals surface area contributed by atoms with Gasteiger partial charge in [-0.25, -0.2) is 9.97 Å². The van der Waals surface area contributed by atoms with Crippen LogP contribution in [0.3, 0.4) is 0 Å². The summed E-state index contributed by atoms with van der Waals surface area (Å²) < 4.78 is 5.56. The summed E-state index contributed by atoms with van der Waals surface area (Å²) in [4.78, 5) is 18.4. The van der Waals surface area contributed by atoms with Crippen LogP contribution in [0.4, 0.5) is 0 Å². The molecule has 0 saturated carbocycles. The van der Waals surface area contributed by atoms with Crippen molar-refractivity contribution >= 4 is 5.97 Å². The van der Waals surface area contributed by atoms with Crippen molar-refractivity contribution in [2.24, 2.45) is 0 Å². The van der Waals surface area contributed by atoms with Gasteiger partial charge in [0.05, 0.1) is 12.1 Å². The van der Waals surface area contributed by atoms with E-state index < -0.39 is 5.97 Å². The van der Waals surface area contributed by atoms with Crippen LogP contribution < -0.4 is 4.74 Å². The van der Waals surface area contributed by atoms with Gasteiger partial charge in [0.15, 0.2) is 0 Å². The number of nitrogens with zero attached hydrogens (tertiary/aromatic N) is 2. The van der Waals surface area contributed by atoms with Crippen molar-refractivity contribution in [3.8, 4) is 11.6 Å². The molecule has 98 valence electrons. The minimum absolute atomic E-state index is 0.145. The molecule has 1 N–H and O–H groups in total. The summed E-state index contributed by atoms with van der Waals surface area (Å²) in [7, 11) is 0. The molecular formula is C14H14N2O3. The summed E-state index contributed by atoms with van der Waals surface area (Å²) in [6.45, 7) is 2.08. The maximum absolute atomic E-state index is 10.6. The predicted molar refractivity (Wildman–Crippen MR) is 69.3 cm³/mol. The zero-order valence-corrected chi connectivity index (χ0v) is 10.5. The second-order valence-corrected chi connectivity index (χ2v) is 4.02. The summed E-state index contributed by atoms with van der Waals surface area (Å²) in [5, 5.41) is 8.70. The third-order valence-electron chi connectivity index (χ3n) is 2.58. The quantitative estimate of drug-likeness (QED) is 0.891. The number of carbonyl (C=O) groups is 1. The zero-order chi connectivity index (χ0) is 13.7. The third kappa shape index (κ3) is 3.77. The molecule has 0 aliphatic heterocycles. The van der Waals surface area contributed by atoms with Gasteiger partial charge in [-0.1, -0.05) is 19.1 Å². The molecule has 0 atom stereocenters. The van der Waals surface area contributed by atoms with Crippen molar-refractivity contribution in [2.45, 2.75) is 19.8 Å². The van der Waals surface area contributed by atoms with Crippen molar-refractivity contribution in [3.63, 3.8) is 0 Å². The number of aliphatic carboxylic acids is 1. The Hall–Kier alpha value is -2.43. The van der Waals surface area contributed by atoms with Gasteiger partial charge in [-0.3, -0.25) is 4.79 Å². The molecular weight excluding hydrogens is 244 g/mol. The molecule has 0 radical (unpaired) electrons. The first kappa shape index (κ1) is 13.0. The van der Waals surface area contributed by atoms with Crippen molar-refractivity contribution in [3.05, 3.63) is 47.9 Å². The molecule has 2 rings (SSSR count). The van der Waals surface area contributed by atoms with E-state index in [1.807, 2.05) is 24.3 Å². The Kier molecular flexibility index (Phi) is 4.07. The van der Waals surface area contributed by atoms with E-state index in [4.69, 9.17) is 9.84 Å². The van der Waals surface area contributed by atoms with Crippen LogP contribution >= 0.6 is 0 Å². The van der Waals surface area contributed by atoms with E-state index in [1.165, 1.54) is 18.0 Å². The Morgan fingerprint density at radius 1 is 1.26 bits per heavy atom. The summed E-state index contributed by atoms with van der Waals surface area (Å²) in [5.41, 5.74) is 1.64. The standard InChI is InChI=1S/C14H14N2O3/c1-2-10-3-5-12(6-4-10)19-13-7-11(8-14(17)18)15-9-16-13/h3-7,9H,2,8H2,1H3,(H,17,18). The minimum atomic E-state index is -0.933. The van der Waals surface area contributed by atoms with Gasteiger partial charge < -0.3 is 9.84 Å². The Bertz CT molecular complexity index is 567. The lowest BCUT2D eigenvalue weighted by Crippen LogP contribution is -2.03. The van der Waals surface area contributed by atoms with Crippen LogP contribution in [-0.2, 0) is 17.6 Å². The molecule has 19 heavy (non-hydrogen) atoms. The van der Waals surface area contributed by atoms with E-state index >= 15 is 0 Å². The SMILES string of the molecule is CCc1ccc(Oc2cc(CC(=O)O)ncn2)cc1. The summed E-state index contributed by atoms with van der Waals surface area (Å²) in [6.07, 6.45) is 2.12. The molecule has 0 bridgehead atoms. The fourth-order valence-electron chi connectivity index (χ4n) is 1.60. The van der Waals surface area contributed by atoms with Crippen molar-refractivity contribution in [1.82, 2.24) is 9.97 Å². The van der Waals surface area contributed by atoms with Gasteiger partial charge in [-0.15, -0.1) is 0 Å². The molecule has 0 fully saturated rings. The van der Waals surface area contributed by atoms with Crippen LogP contribution in [0.2, 0.25) is 0 Å². The number of hydrogen-bond donors (Lipinski definition) is 1. The van der Waals surface area contributed by atoms with E-state index in [0.29, 0.717) is 17.3 Å². The lowest BCUT2D eigenvalue weighted by molar-refractivity contribution is -0.136. The van der Waals surface area contributed by atoms with E-state index in [2.05, 4.69) is 16.9 Å². The maximum Gasteiger partial charge on any atom is 0.309 e. The van der Waals surface area contributed by atoms with Crippen LogP contribution in [0, 0.1) is 0 Å². The van der Waals surface area contributed by atoms with E-state index in [-0.39, 0.29) is 6.42 Å². The molecule has 2 aromatic rings. The van der Waals surface area contributed by atoms with Crippen LogP contribution in [0.15, 0.2) is 36.7 Å². The van der Waals surface area contributed by atoms with Gasteiger partial charge in [-0.05, 0) is 24.1 Å². The van der Waals surface area contributed by atoms with Crippen molar-refractivity contribution in [1.29, 1.82) is 0 Å². The smallest absolute Gasteiger partial charge is 0.309 e. The highest BCUT2D eigenvalue weighted by Gasteiger charge is 2.05. The molecule has 0 saturated heterocycles. The molecule has 0 aliphatic carbocycles. The predicted octanol–water partition coefficient (Wildman–Crippen LogP) is 2.46. The van der Waals surface area contributed by atoms with E-state index in [1.54, 1.807) is 0 Å². The van der Waals surface area contributed by atoms with Crippen LogP contribution in [0.1, 0.15) is 18.2 Å². The molecule has 0 aliphatic rings. The highest BCUT2D eigenvalue weighted by atomic mass is 16.5. The van der Waals surface area contributed by atoms with Crippen LogP contribution in [0.25, 0.3) is 0 Å². The lowest BCUT2D eigenvalue weighted by Gasteiger charge is -2.06. The first-order chi connectivity index (χ1) is 9.17. The number of aryl methyl sites for hydroxylation is 1. The van der Waals surface area contributed by atoms with Crippen LogP contribution in [0.5, 0.6) is 11.6 Å². The Balaban J connectivity index is 2.11. The minimum Gasteiger partial charge on any atom is -0.481 e. The Morgan fingerprint density at radius 3 is 2.63 bits per heavy atom. The summed E-state index contributed by atoms with van der Waals surface area (Å²) >= 11 is 0. The largest absolute Gasteiger partial charge is 0.481 e. The van der Waals surface area contributed by atoms with E-state index in [0.717, 1.165) is 6.42 Å². The fourth-order valence-corrected chi connectivity index (χ4v) is 1.60. The summed E-state index contributed by atoms with van der Waals surface area (Å²) in [6, 6.07) is 9.21. The topological polar surface area (TPSA) is 72.3 Å². The molecule has 5 heteroatoms. The van der Waals surface area contributed by atoms with Crippen molar-refractivity contribution in [2.75, 3.05) is 0 Å². The van der Waals surface area contributed by atoms with Gasteiger partial charge in [0, 0.05) is 6.07 Å². The first-order valence-corrected chi connectivity index (χ1v) is 5.97. The van der Waals surface area contributed by atoms with Crippen molar-refractivity contribution < 1.29 is 14.6 Å². The molecule has 0 unspecified atom stereocenters. The molecule has 1 aromatic heterocycles. The molecule has 0 spiro atoms. The number of carboxylic acid groups (broad SMARTS) is 1. The van der Waals surface area contributed by atoms with Crippen LogP contribution in [-0.4, -0.2) is 21.0 Å². The number of hydrogen-bond acceptors (Lipinski definition) is 4. The monoisotopic (exact) mass is 258 g/mol. The average molecular weight is 258 g/mol. The lowest BCUT2D eigenvalue weighted by atomic mass is 10.2. The first-order valence-electron chi connectivity index (χ1n) is 5.97. The summed E-state index contributed by atoms with van der Waals surface area (Å²) in [5.74, 6) is 0.0737. The number of aromatic nitrogens is 2. The van der Waals surface area contributed by atoms with Gasteiger partial charge >= 0.3 is 5.97 Å². The van der Waals surface area contributed by atoms with Gasteiger partial charge in [-0.2, -0.15) is 0 Å². The van der Waals surface area contributed by atoms with E-state index in [9.17, 15) is 4.79 Å². The van der Waals surface area contributed by atoms with Gasteiger partial charge in [0.25, 0.3) is 0 Å². The maximum atomic E-state index is 10.6. The second-order valence-electron chi connectivity index (χ2n) is 4.02. The average Bonchev–Trinajstić information content (AvgIpc) is 2.39. The van der Waals surface area contributed by atoms with Gasteiger partial charge in [0.1, 0.15) is 12.1 Å². The number of benzene rings is 1. The number of carboxylic acids is 1. The molecule has 1 aromatic carbocycles. The molecule has 0 amide bonds. The normalized spacial score (nSPS) is 10.2. The zero-order valence-electron chi connectivity index (χ0n) is 10.5. The second kappa shape index (κ2) is 5.95. The number of rotatable bonds is 5. The Morgan fingerprint density at radius 2 is 2.00 bits per heavy atom. The number of ether oxygens (including phenoxy) is 1. The molecule has 5 nitrogen and oxygen atoms in total. The highest BCUT2D eigenvalue weighted by Crippen LogP contribution is 2.20. The fraction of sp³-hybridized carbons (Fsp3) is 0.214. The third-order valence-corrected chi connectivity index (χ3v) is 2.58. The highest BCUT2D eigenvalue weighted by molar-refractivity contribution is 5.69. The Labute approximate surface area is 110 Å². The van der Waals surface area contributed by atoms with Gasteiger partial charge in [0.2, 0.25) is 5.88 Å².